The Morgan fingerprint density at radius 2 is 2.18 bits per heavy atom. The van der Waals surface area contributed by atoms with Crippen molar-refractivity contribution in [2.24, 2.45) is 0 Å². The largest absolute Gasteiger partial charge is 0.332 e. The van der Waals surface area contributed by atoms with Crippen LogP contribution in [0.5, 0.6) is 0 Å². The lowest BCUT2D eigenvalue weighted by molar-refractivity contribution is -0.127. The van der Waals surface area contributed by atoms with Crippen molar-refractivity contribution in [3.8, 4) is 0 Å². The topological polar surface area (TPSA) is 20.3 Å². The Hall–Kier alpha value is -1.64. The minimum Gasteiger partial charge on any atom is -0.332 e. The number of nitrogens with zero attached hydrogens (tertiary/aromatic N) is 1. The van der Waals surface area contributed by atoms with Gasteiger partial charge in [-0.3, -0.25) is 4.79 Å². The van der Waals surface area contributed by atoms with Crippen LogP contribution in [0.2, 0.25) is 0 Å². The third-order valence-corrected chi connectivity index (χ3v) is 2.88. The zero-order chi connectivity index (χ0) is 12.3. The lowest BCUT2D eigenvalue weighted by Crippen LogP contribution is -2.31. The molecule has 1 fully saturated rings. The fourth-order valence-electron chi connectivity index (χ4n) is 1.82. The average molecular weight is 233 g/mol. The van der Waals surface area contributed by atoms with Crippen LogP contribution in [0.1, 0.15) is 25.3 Å². The summed E-state index contributed by atoms with van der Waals surface area (Å²) in [5.41, 5.74) is 0.581. The molecule has 1 aliphatic rings. The summed E-state index contributed by atoms with van der Waals surface area (Å²) < 4.78 is 13.5. The number of amides is 1. The highest BCUT2D eigenvalue weighted by molar-refractivity contribution is 5.88. The maximum Gasteiger partial charge on any atom is 0.246 e. The van der Waals surface area contributed by atoms with Gasteiger partial charge in [0, 0.05) is 18.2 Å². The van der Waals surface area contributed by atoms with Crippen molar-refractivity contribution in [2.45, 2.75) is 32.4 Å². The van der Waals surface area contributed by atoms with Crippen LogP contribution in [0, 0.1) is 5.82 Å². The van der Waals surface area contributed by atoms with Gasteiger partial charge in [0.25, 0.3) is 0 Å². The number of hydrogen-bond acceptors (Lipinski definition) is 1. The summed E-state index contributed by atoms with van der Waals surface area (Å²) in [6, 6.07) is 6.91. The number of carbonyl (C=O) groups is 1. The van der Waals surface area contributed by atoms with Gasteiger partial charge in [-0.1, -0.05) is 24.3 Å². The van der Waals surface area contributed by atoms with E-state index in [-0.39, 0.29) is 11.7 Å². The molecule has 1 saturated carbocycles. The molecule has 90 valence electrons. The van der Waals surface area contributed by atoms with E-state index in [0.717, 1.165) is 12.8 Å². The van der Waals surface area contributed by atoms with Crippen LogP contribution in [-0.4, -0.2) is 16.8 Å². The smallest absolute Gasteiger partial charge is 0.246 e. The Morgan fingerprint density at radius 3 is 2.76 bits per heavy atom. The molecule has 2 rings (SSSR count). The van der Waals surface area contributed by atoms with Crippen molar-refractivity contribution in [2.75, 3.05) is 0 Å². The summed E-state index contributed by atoms with van der Waals surface area (Å²) in [4.78, 5) is 13.6. The molecule has 0 saturated heterocycles. The van der Waals surface area contributed by atoms with Gasteiger partial charge in [0.1, 0.15) is 5.82 Å². The van der Waals surface area contributed by atoms with Crippen molar-refractivity contribution in [3.05, 3.63) is 47.8 Å². The molecule has 17 heavy (non-hydrogen) atoms. The number of hydrogen-bond donors (Lipinski definition) is 0. The maximum absolute atomic E-state index is 13.5. The summed E-state index contributed by atoms with van der Waals surface area (Å²) >= 11 is 0. The molecule has 1 aliphatic carbocycles. The monoisotopic (exact) mass is 233 g/mol. The van der Waals surface area contributed by atoms with Crippen LogP contribution in [0.25, 0.3) is 0 Å². The van der Waals surface area contributed by atoms with Gasteiger partial charge in [-0.05, 0) is 31.9 Å². The summed E-state index contributed by atoms with van der Waals surface area (Å²) in [5, 5.41) is 0. The molecule has 1 aromatic rings. The molecule has 0 heterocycles. The van der Waals surface area contributed by atoms with E-state index in [0.29, 0.717) is 18.2 Å². The number of benzene rings is 1. The van der Waals surface area contributed by atoms with Gasteiger partial charge in [-0.15, -0.1) is 0 Å². The normalized spacial score (nSPS) is 15.2. The van der Waals surface area contributed by atoms with Crippen LogP contribution >= 0.6 is 0 Å². The molecule has 0 spiro atoms. The molecule has 1 aromatic carbocycles. The van der Waals surface area contributed by atoms with Crippen molar-refractivity contribution in [1.82, 2.24) is 4.90 Å². The van der Waals surface area contributed by atoms with Gasteiger partial charge in [0.2, 0.25) is 5.91 Å². The highest BCUT2D eigenvalue weighted by Crippen LogP contribution is 2.29. The number of halogens is 1. The number of rotatable bonds is 4. The maximum atomic E-state index is 13.5. The van der Waals surface area contributed by atoms with Gasteiger partial charge < -0.3 is 4.90 Å². The van der Waals surface area contributed by atoms with Gasteiger partial charge in [-0.2, -0.15) is 0 Å². The Bertz CT molecular complexity index is 438. The first-order valence-corrected chi connectivity index (χ1v) is 5.89. The van der Waals surface area contributed by atoms with Crippen LogP contribution in [0.15, 0.2) is 36.4 Å². The van der Waals surface area contributed by atoms with E-state index >= 15 is 0 Å². The first-order chi connectivity index (χ1) is 8.22. The standard InChI is InChI=1S/C14H16FNO/c1-2-5-14(17)16(12-8-9-12)10-11-6-3-4-7-13(11)15/h2-7,12H,8-10H2,1H3. The van der Waals surface area contributed by atoms with E-state index in [1.165, 1.54) is 6.07 Å². The van der Waals surface area contributed by atoms with Crippen LogP contribution in [0.3, 0.4) is 0 Å². The van der Waals surface area contributed by atoms with Gasteiger partial charge >= 0.3 is 0 Å². The van der Waals surface area contributed by atoms with E-state index in [1.807, 2.05) is 6.92 Å². The van der Waals surface area contributed by atoms with Crippen molar-refractivity contribution in [3.63, 3.8) is 0 Å². The van der Waals surface area contributed by atoms with Crippen molar-refractivity contribution < 1.29 is 9.18 Å². The zero-order valence-corrected chi connectivity index (χ0v) is 9.90. The van der Waals surface area contributed by atoms with Crippen molar-refractivity contribution in [1.29, 1.82) is 0 Å². The lowest BCUT2D eigenvalue weighted by atomic mass is 10.2. The Balaban J connectivity index is 2.13. The summed E-state index contributed by atoms with van der Waals surface area (Å²) in [6.07, 6.45) is 5.31. The molecule has 2 nitrogen and oxygen atoms in total. The summed E-state index contributed by atoms with van der Waals surface area (Å²) in [5.74, 6) is -0.273. The SMILES string of the molecule is CC=CC(=O)N(Cc1ccccc1F)C1CC1. The molecule has 0 unspecified atom stereocenters. The quantitative estimate of drug-likeness (QED) is 0.732. The molecule has 0 atom stereocenters. The summed E-state index contributed by atoms with van der Waals surface area (Å²) in [7, 11) is 0. The van der Waals surface area contributed by atoms with E-state index in [1.54, 1.807) is 35.3 Å². The second kappa shape index (κ2) is 5.13. The molecule has 1 amide bonds. The third kappa shape index (κ3) is 2.93. The van der Waals surface area contributed by atoms with Crippen LogP contribution in [-0.2, 0) is 11.3 Å². The van der Waals surface area contributed by atoms with Crippen LogP contribution in [0.4, 0.5) is 4.39 Å². The van der Waals surface area contributed by atoms with Gasteiger partial charge in [-0.25, -0.2) is 4.39 Å². The second-order valence-electron chi connectivity index (χ2n) is 4.29. The minimum absolute atomic E-state index is 0.0294. The fourth-order valence-corrected chi connectivity index (χ4v) is 1.82. The number of allylic oxidation sites excluding steroid dienone is 1. The molecular weight excluding hydrogens is 217 g/mol. The zero-order valence-electron chi connectivity index (χ0n) is 9.90. The predicted molar refractivity (Wildman–Crippen MR) is 64.8 cm³/mol. The molecular formula is C14H16FNO. The Labute approximate surface area is 101 Å². The highest BCUT2D eigenvalue weighted by atomic mass is 19.1. The highest BCUT2D eigenvalue weighted by Gasteiger charge is 2.31. The van der Waals surface area contributed by atoms with Gasteiger partial charge in [0.05, 0.1) is 0 Å². The Morgan fingerprint density at radius 1 is 1.47 bits per heavy atom. The minimum atomic E-state index is -0.244. The molecule has 0 radical (unpaired) electrons. The first-order valence-electron chi connectivity index (χ1n) is 5.89. The summed E-state index contributed by atoms with van der Waals surface area (Å²) in [6.45, 7) is 2.17. The Kier molecular flexibility index (Phi) is 3.57. The van der Waals surface area contributed by atoms with Crippen molar-refractivity contribution >= 4 is 5.91 Å². The van der Waals surface area contributed by atoms with E-state index in [4.69, 9.17) is 0 Å². The molecule has 0 bridgehead atoms. The second-order valence-corrected chi connectivity index (χ2v) is 4.29. The van der Waals surface area contributed by atoms with Gasteiger partial charge in [0.15, 0.2) is 0 Å². The fraction of sp³-hybridized carbons (Fsp3) is 0.357. The van der Waals surface area contributed by atoms with E-state index in [2.05, 4.69) is 0 Å². The average Bonchev–Trinajstić information content (AvgIpc) is 3.12. The molecule has 3 heteroatoms. The third-order valence-electron chi connectivity index (χ3n) is 2.88. The number of carbonyl (C=O) groups excluding carboxylic acids is 1. The van der Waals surface area contributed by atoms with E-state index in [9.17, 15) is 9.18 Å². The van der Waals surface area contributed by atoms with E-state index < -0.39 is 0 Å². The molecule has 0 N–H and O–H groups in total. The first kappa shape index (κ1) is 11.8. The van der Waals surface area contributed by atoms with Crippen LogP contribution < -0.4 is 0 Å². The molecule has 0 aliphatic heterocycles. The lowest BCUT2D eigenvalue weighted by Gasteiger charge is -2.21. The molecule has 0 aromatic heterocycles. The predicted octanol–water partition coefficient (Wildman–Crippen LogP) is 2.89.